The van der Waals surface area contributed by atoms with Crippen molar-refractivity contribution in [3.8, 4) is 0 Å². The lowest BCUT2D eigenvalue weighted by atomic mass is 9.75. The smallest absolute Gasteiger partial charge is 0.0180 e. The van der Waals surface area contributed by atoms with Gasteiger partial charge in [-0.25, -0.2) is 0 Å². The van der Waals surface area contributed by atoms with Crippen molar-refractivity contribution in [2.24, 2.45) is 11.7 Å². The Morgan fingerprint density at radius 1 is 0.750 bits per heavy atom. The molecular weight excluding hydrogens is 266 g/mol. The van der Waals surface area contributed by atoms with Crippen LogP contribution < -0.4 is 5.73 Å². The molecule has 124 valence electrons. The Bertz CT molecular complexity index is 184. The molecule has 20 heavy (non-hydrogen) atoms. The molecule has 0 amide bonds. The average Bonchev–Trinajstić information content (AvgIpc) is 2.39. The number of unbranched alkanes of at least 4 members (excludes halogenated alkanes) is 6. The van der Waals surface area contributed by atoms with Crippen LogP contribution in [0.25, 0.3) is 0 Å². The third-order valence-electron chi connectivity index (χ3n) is 4.71. The zero-order chi connectivity index (χ0) is 14.6. The molecule has 1 atom stereocenters. The fourth-order valence-corrected chi connectivity index (χ4v) is 3.01. The molecule has 1 nitrogen and oxygen atoms in total. The predicted octanol–water partition coefficient (Wildman–Crippen LogP) is 6.48. The van der Waals surface area contributed by atoms with E-state index in [1.165, 1.54) is 77.0 Å². The molecule has 0 bridgehead atoms. The van der Waals surface area contributed by atoms with Crippen molar-refractivity contribution in [1.29, 1.82) is 0 Å². The Morgan fingerprint density at radius 2 is 1.15 bits per heavy atom. The van der Waals surface area contributed by atoms with Crippen molar-refractivity contribution in [2.45, 2.75) is 110 Å². The summed E-state index contributed by atoms with van der Waals surface area (Å²) in [4.78, 5) is 0. The molecule has 0 fully saturated rings. The molecular formula is C18H40ClN. The van der Waals surface area contributed by atoms with Crippen LogP contribution in [0.4, 0.5) is 0 Å². The van der Waals surface area contributed by atoms with E-state index in [4.69, 9.17) is 5.73 Å². The van der Waals surface area contributed by atoms with Gasteiger partial charge in [0, 0.05) is 5.54 Å². The maximum atomic E-state index is 6.81. The summed E-state index contributed by atoms with van der Waals surface area (Å²) < 4.78 is 0. The van der Waals surface area contributed by atoms with E-state index in [1.54, 1.807) is 0 Å². The third-order valence-corrected chi connectivity index (χ3v) is 4.71. The van der Waals surface area contributed by atoms with E-state index in [9.17, 15) is 0 Å². The maximum absolute atomic E-state index is 6.81. The fraction of sp³-hybridized carbons (Fsp3) is 1.00. The van der Waals surface area contributed by atoms with Gasteiger partial charge >= 0.3 is 0 Å². The summed E-state index contributed by atoms with van der Waals surface area (Å²) in [6, 6.07) is 0. The van der Waals surface area contributed by atoms with E-state index in [1.807, 2.05) is 0 Å². The van der Waals surface area contributed by atoms with Crippen LogP contribution in [-0.2, 0) is 0 Å². The summed E-state index contributed by atoms with van der Waals surface area (Å²) in [6.45, 7) is 9.23. The quantitative estimate of drug-likeness (QED) is 0.387. The highest BCUT2D eigenvalue weighted by Crippen LogP contribution is 2.31. The third kappa shape index (κ3) is 10.0. The van der Waals surface area contributed by atoms with Crippen LogP contribution in [0.5, 0.6) is 0 Å². The Hall–Kier alpha value is 0.250. The van der Waals surface area contributed by atoms with Crippen LogP contribution in [0.2, 0.25) is 0 Å². The molecule has 0 aromatic carbocycles. The fourth-order valence-electron chi connectivity index (χ4n) is 3.01. The second-order valence-electron chi connectivity index (χ2n) is 6.54. The Balaban J connectivity index is 0. The van der Waals surface area contributed by atoms with Gasteiger partial charge in [0.15, 0.2) is 0 Å². The lowest BCUT2D eigenvalue weighted by Gasteiger charge is -2.36. The predicted molar refractivity (Wildman–Crippen MR) is 95.8 cm³/mol. The molecule has 2 N–H and O–H groups in total. The SMILES string of the molecule is CCCCCC(C)C(N)(CCCCC)CCCCC.Cl. The van der Waals surface area contributed by atoms with Crippen LogP contribution >= 0.6 is 12.4 Å². The molecule has 0 aliphatic heterocycles. The van der Waals surface area contributed by atoms with E-state index in [0.717, 1.165) is 0 Å². The van der Waals surface area contributed by atoms with Crippen molar-refractivity contribution < 1.29 is 0 Å². The molecule has 0 aliphatic rings. The van der Waals surface area contributed by atoms with E-state index >= 15 is 0 Å². The van der Waals surface area contributed by atoms with Crippen LogP contribution in [0, 0.1) is 5.92 Å². The molecule has 0 rings (SSSR count). The van der Waals surface area contributed by atoms with Crippen LogP contribution in [0.1, 0.15) is 105 Å². The summed E-state index contributed by atoms with van der Waals surface area (Å²) in [5, 5.41) is 0. The minimum atomic E-state index is 0. The lowest BCUT2D eigenvalue weighted by Crippen LogP contribution is -2.46. The van der Waals surface area contributed by atoms with Gasteiger partial charge in [0.1, 0.15) is 0 Å². The summed E-state index contributed by atoms with van der Waals surface area (Å²) in [5.74, 6) is 0.688. The van der Waals surface area contributed by atoms with E-state index in [2.05, 4.69) is 27.7 Å². The van der Waals surface area contributed by atoms with Gasteiger partial charge in [0.25, 0.3) is 0 Å². The molecule has 0 aromatic heterocycles. The van der Waals surface area contributed by atoms with Crippen molar-refractivity contribution >= 4 is 12.4 Å². The average molecular weight is 306 g/mol. The van der Waals surface area contributed by atoms with Crippen molar-refractivity contribution in [2.75, 3.05) is 0 Å². The molecule has 0 radical (unpaired) electrons. The monoisotopic (exact) mass is 305 g/mol. The molecule has 0 spiro atoms. The zero-order valence-corrected chi connectivity index (χ0v) is 15.4. The van der Waals surface area contributed by atoms with Gasteiger partial charge in [0.2, 0.25) is 0 Å². The number of hydrogen-bond donors (Lipinski definition) is 1. The van der Waals surface area contributed by atoms with Crippen LogP contribution in [0.3, 0.4) is 0 Å². The van der Waals surface area contributed by atoms with E-state index < -0.39 is 0 Å². The summed E-state index contributed by atoms with van der Waals surface area (Å²) in [6.07, 6.45) is 15.7. The Kier molecular flexibility index (Phi) is 16.0. The molecule has 0 saturated heterocycles. The first-order valence-corrected chi connectivity index (χ1v) is 8.89. The van der Waals surface area contributed by atoms with Gasteiger partial charge in [-0.1, -0.05) is 85.5 Å². The van der Waals surface area contributed by atoms with Crippen LogP contribution in [0.15, 0.2) is 0 Å². The van der Waals surface area contributed by atoms with Crippen molar-refractivity contribution in [3.05, 3.63) is 0 Å². The molecule has 0 aliphatic carbocycles. The standard InChI is InChI=1S/C18H39N.ClH/c1-5-8-11-14-17(4)18(19,15-12-9-6-2)16-13-10-7-3;/h17H,5-16,19H2,1-4H3;1H. The number of nitrogens with two attached hydrogens (primary N) is 1. The number of rotatable bonds is 13. The second-order valence-corrected chi connectivity index (χ2v) is 6.54. The first-order chi connectivity index (χ1) is 9.10. The summed E-state index contributed by atoms with van der Waals surface area (Å²) in [5.41, 5.74) is 6.91. The van der Waals surface area contributed by atoms with Gasteiger partial charge < -0.3 is 5.73 Å². The second kappa shape index (κ2) is 14.2. The highest BCUT2D eigenvalue weighted by Gasteiger charge is 2.30. The van der Waals surface area contributed by atoms with Gasteiger partial charge in [-0.05, 0) is 25.2 Å². The summed E-state index contributed by atoms with van der Waals surface area (Å²) in [7, 11) is 0. The number of halogens is 1. The maximum Gasteiger partial charge on any atom is 0.0180 e. The van der Waals surface area contributed by atoms with E-state index in [-0.39, 0.29) is 17.9 Å². The topological polar surface area (TPSA) is 26.0 Å². The minimum Gasteiger partial charge on any atom is -0.325 e. The Labute approximate surface area is 134 Å². The van der Waals surface area contributed by atoms with Crippen molar-refractivity contribution in [1.82, 2.24) is 0 Å². The van der Waals surface area contributed by atoms with Gasteiger partial charge in [0.05, 0.1) is 0 Å². The van der Waals surface area contributed by atoms with Crippen LogP contribution in [-0.4, -0.2) is 5.54 Å². The minimum absolute atomic E-state index is 0. The van der Waals surface area contributed by atoms with Gasteiger partial charge in [-0.3, -0.25) is 0 Å². The number of hydrogen-bond acceptors (Lipinski definition) is 1. The first-order valence-electron chi connectivity index (χ1n) is 8.89. The lowest BCUT2D eigenvalue weighted by molar-refractivity contribution is 0.221. The highest BCUT2D eigenvalue weighted by atomic mass is 35.5. The van der Waals surface area contributed by atoms with Gasteiger partial charge in [-0.15, -0.1) is 12.4 Å². The molecule has 0 saturated carbocycles. The van der Waals surface area contributed by atoms with Crippen molar-refractivity contribution in [3.63, 3.8) is 0 Å². The highest BCUT2D eigenvalue weighted by molar-refractivity contribution is 5.85. The largest absolute Gasteiger partial charge is 0.325 e. The zero-order valence-electron chi connectivity index (χ0n) is 14.5. The van der Waals surface area contributed by atoms with Gasteiger partial charge in [-0.2, -0.15) is 0 Å². The normalized spacial score (nSPS) is 13.1. The molecule has 1 unspecified atom stereocenters. The Morgan fingerprint density at radius 3 is 1.55 bits per heavy atom. The molecule has 2 heteroatoms. The first kappa shape index (κ1) is 22.5. The molecule has 0 heterocycles. The van der Waals surface area contributed by atoms with E-state index in [0.29, 0.717) is 5.92 Å². The molecule has 0 aromatic rings. The summed E-state index contributed by atoms with van der Waals surface area (Å²) >= 11 is 0.